The molecule has 0 amide bonds. The van der Waals surface area contributed by atoms with E-state index >= 15 is 0 Å². The zero-order valence-corrected chi connectivity index (χ0v) is 12.6. The van der Waals surface area contributed by atoms with Gasteiger partial charge in [-0.2, -0.15) is 13.2 Å². The highest BCUT2D eigenvalue weighted by Gasteiger charge is 2.33. The quantitative estimate of drug-likeness (QED) is 0.845. The number of hydrogen-bond acceptors (Lipinski definition) is 2. The summed E-state index contributed by atoms with van der Waals surface area (Å²) in [5, 5.41) is 3.59. The predicted octanol–water partition coefficient (Wildman–Crippen LogP) is 4.98. The van der Waals surface area contributed by atoms with Crippen molar-refractivity contribution < 1.29 is 13.2 Å². The van der Waals surface area contributed by atoms with Gasteiger partial charge in [-0.25, -0.2) is 4.98 Å². The molecule has 0 aliphatic rings. The number of para-hydroxylation sites is 1. The number of benzene rings is 1. The van der Waals surface area contributed by atoms with Crippen LogP contribution in [0.5, 0.6) is 0 Å². The Labute approximate surface area is 122 Å². The molecule has 0 aliphatic heterocycles. The Kier molecular flexibility index (Phi) is 3.87. The van der Waals surface area contributed by atoms with E-state index in [2.05, 4.69) is 10.3 Å². The first kappa shape index (κ1) is 15.6. The third kappa shape index (κ3) is 3.12. The molecule has 0 saturated carbocycles. The van der Waals surface area contributed by atoms with Gasteiger partial charge in [-0.05, 0) is 24.5 Å². The summed E-state index contributed by atoms with van der Waals surface area (Å²) < 4.78 is 39.3. The number of aromatic nitrogens is 1. The second kappa shape index (κ2) is 5.20. The number of halogens is 3. The standard InChI is InChI=1S/C16H19F3N2/c1-5-20-14-12(15(2,3)4)9-10-7-6-8-11(13(10)21-14)16(17,18)19/h6-9H,5H2,1-4H3,(H,20,21). The van der Waals surface area contributed by atoms with Gasteiger partial charge < -0.3 is 5.32 Å². The molecule has 1 heterocycles. The first-order valence-corrected chi connectivity index (χ1v) is 6.90. The van der Waals surface area contributed by atoms with E-state index in [-0.39, 0.29) is 10.9 Å². The van der Waals surface area contributed by atoms with E-state index in [1.807, 2.05) is 27.7 Å². The summed E-state index contributed by atoms with van der Waals surface area (Å²) in [5.74, 6) is 0.522. The number of rotatable bonds is 2. The Bertz CT molecular complexity index is 655. The number of nitrogens with zero attached hydrogens (tertiary/aromatic N) is 1. The smallest absolute Gasteiger partial charge is 0.370 e. The number of alkyl halides is 3. The molecule has 114 valence electrons. The van der Waals surface area contributed by atoms with Crippen molar-refractivity contribution in [3.63, 3.8) is 0 Å². The van der Waals surface area contributed by atoms with E-state index in [9.17, 15) is 13.2 Å². The molecule has 2 nitrogen and oxygen atoms in total. The monoisotopic (exact) mass is 296 g/mol. The second-order valence-corrected chi connectivity index (χ2v) is 6.04. The largest absolute Gasteiger partial charge is 0.418 e. The fraction of sp³-hybridized carbons (Fsp3) is 0.438. The molecular formula is C16H19F3N2. The van der Waals surface area contributed by atoms with E-state index in [4.69, 9.17) is 0 Å². The van der Waals surface area contributed by atoms with Crippen LogP contribution in [0.1, 0.15) is 38.8 Å². The van der Waals surface area contributed by atoms with Crippen LogP contribution in [0.25, 0.3) is 10.9 Å². The summed E-state index contributed by atoms with van der Waals surface area (Å²) in [5.41, 5.74) is 0.0113. The maximum absolute atomic E-state index is 13.1. The lowest BCUT2D eigenvalue weighted by molar-refractivity contribution is -0.136. The van der Waals surface area contributed by atoms with Gasteiger partial charge in [-0.15, -0.1) is 0 Å². The molecule has 1 N–H and O–H groups in total. The van der Waals surface area contributed by atoms with Crippen LogP contribution in [-0.2, 0) is 11.6 Å². The van der Waals surface area contributed by atoms with Gasteiger partial charge in [0.05, 0.1) is 11.1 Å². The molecule has 1 aromatic carbocycles. The molecule has 2 rings (SSSR count). The van der Waals surface area contributed by atoms with E-state index in [0.29, 0.717) is 17.7 Å². The van der Waals surface area contributed by atoms with Crippen molar-refractivity contribution in [2.75, 3.05) is 11.9 Å². The fourth-order valence-corrected chi connectivity index (χ4v) is 2.30. The summed E-state index contributed by atoms with van der Waals surface area (Å²) in [7, 11) is 0. The molecular weight excluding hydrogens is 277 g/mol. The maximum Gasteiger partial charge on any atom is 0.418 e. The lowest BCUT2D eigenvalue weighted by atomic mass is 9.86. The van der Waals surface area contributed by atoms with E-state index in [1.54, 1.807) is 12.1 Å². The van der Waals surface area contributed by atoms with Gasteiger partial charge in [0.25, 0.3) is 0 Å². The highest BCUT2D eigenvalue weighted by atomic mass is 19.4. The average Bonchev–Trinajstić information content (AvgIpc) is 2.35. The molecule has 21 heavy (non-hydrogen) atoms. The molecule has 0 spiro atoms. The molecule has 5 heteroatoms. The van der Waals surface area contributed by atoms with Crippen LogP contribution in [0.2, 0.25) is 0 Å². The SMILES string of the molecule is CCNc1nc2c(C(F)(F)F)cccc2cc1C(C)(C)C. The molecule has 0 fully saturated rings. The highest BCUT2D eigenvalue weighted by Crippen LogP contribution is 2.37. The minimum atomic E-state index is -4.40. The first-order valence-electron chi connectivity index (χ1n) is 6.90. The van der Waals surface area contributed by atoms with Gasteiger partial charge in [-0.1, -0.05) is 32.9 Å². The Balaban J connectivity index is 2.78. The van der Waals surface area contributed by atoms with Crippen molar-refractivity contribution in [3.05, 3.63) is 35.4 Å². The van der Waals surface area contributed by atoms with Crippen LogP contribution in [-0.4, -0.2) is 11.5 Å². The first-order chi connectivity index (χ1) is 9.64. The van der Waals surface area contributed by atoms with Gasteiger partial charge in [0, 0.05) is 17.5 Å². The molecule has 0 aliphatic carbocycles. The van der Waals surface area contributed by atoms with Crippen LogP contribution in [0.3, 0.4) is 0 Å². The lowest BCUT2D eigenvalue weighted by Gasteiger charge is -2.23. The van der Waals surface area contributed by atoms with E-state index in [1.165, 1.54) is 6.07 Å². The zero-order chi connectivity index (χ0) is 15.8. The molecule has 1 aromatic heterocycles. The van der Waals surface area contributed by atoms with E-state index in [0.717, 1.165) is 11.6 Å². The number of hydrogen-bond donors (Lipinski definition) is 1. The molecule has 0 unspecified atom stereocenters. The van der Waals surface area contributed by atoms with Crippen molar-refractivity contribution in [3.8, 4) is 0 Å². The Morgan fingerprint density at radius 3 is 2.29 bits per heavy atom. The Morgan fingerprint density at radius 1 is 1.10 bits per heavy atom. The molecule has 2 aromatic rings. The number of nitrogens with one attached hydrogen (secondary N) is 1. The van der Waals surface area contributed by atoms with E-state index < -0.39 is 11.7 Å². The van der Waals surface area contributed by atoms with Crippen LogP contribution in [0.4, 0.5) is 19.0 Å². The molecule has 0 atom stereocenters. The minimum absolute atomic E-state index is 0.00560. The summed E-state index contributed by atoms with van der Waals surface area (Å²) in [4.78, 5) is 4.27. The van der Waals surface area contributed by atoms with Crippen molar-refractivity contribution in [1.82, 2.24) is 4.98 Å². The topological polar surface area (TPSA) is 24.9 Å². The number of anilines is 1. The molecule has 0 radical (unpaired) electrons. The normalized spacial score (nSPS) is 12.7. The summed E-state index contributed by atoms with van der Waals surface area (Å²) in [6.45, 7) is 8.56. The minimum Gasteiger partial charge on any atom is -0.370 e. The maximum atomic E-state index is 13.1. The van der Waals surface area contributed by atoms with Crippen LogP contribution in [0.15, 0.2) is 24.3 Å². The summed E-state index contributed by atoms with van der Waals surface area (Å²) in [6, 6.07) is 5.96. The van der Waals surface area contributed by atoms with Crippen molar-refractivity contribution in [1.29, 1.82) is 0 Å². The average molecular weight is 296 g/mol. The lowest BCUT2D eigenvalue weighted by Crippen LogP contribution is -2.17. The number of fused-ring (bicyclic) bond motifs is 1. The van der Waals surface area contributed by atoms with Gasteiger partial charge in [0.1, 0.15) is 5.82 Å². The van der Waals surface area contributed by atoms with Crippen molar-refractivity contribution in [2.24, 2.45) is 0 Å². The van der Waals surface area contributed by atoms with Crippen LogP contribution in [0, 0.1) is 0 Å². The second-order valence-electron chi connectivity index (χ2n) is 6.04. The van der Waals surface area contributed by atoms with Gasteiger partial charge in [-0.3, -0.25) is 0 Å². The van der Waals surface area contributed by atoms with Crippen molar-refractivity contribution in [2.45, 2.75) is 39.3 Å². The third-order valence-corrected chi connectivity index (χ3v) is 3.30. The van der Waals surface area contributed by atoms with Crippen LogP contribution < -0.4 is 5.32 Å². The Hall–Kier alpha value is -1.78. The summed E-state index contributed by atoms with van der Waals surface area (Å²) in [6.07, 6.45) is -4.40. The predicted molar refractivity (Wildman–Crippen MR) is 79.6 cm³/mol. The highest BCUT2D eigenvalue weighted by molar-refractivity contribution is 5.85. The number of pyridine rings is 1. The van der Waals surface area contributed by atoms with Gasteiger partial charge in [0.2, 0.25) is 0 Å². The summed E-state index contributed by atoms with van der Waals surface area (Å²) >= 11 is 0. The zero-order valence-electron chi connectivity index (χ0n) is 12.6. The fourth-order valence-electron chi connectivity index (χ4n) is 2.30. The Morgan fingerprint density at radius 2 is 1.76 bits per heavy atom. The van der Waals surface area contributed by atoms with Crippen molar-refractivity contribution >= 4 is 16.7 Å². The molecule has 0 bridgehead atoms. The van der Waals surface area contributed by atoms with Gasteiger partial charge >= 0.3 is 6.18 Å². The third-order valence-electron chi connectivity index (χ3n) is 3.30. The van der Waals surface area contributed by atoms with Crippen LogP contribution >= 0.6 is 0 Å². The molecule has 0 saturated heterocycles. The van der Waals surface area contributed by atoms with Gasteiger partial charge in [0.15, 0.2) is 0 Å².